The third-order valence-corrected chi connectivity index (χ3v) is 3.39. The summed E-state index contributed by atoms with van der Waals surface area (Å²) in [6.45, 7) is -3.32. The van der Waals surface area contributed by atoms with Crippen molar-refractivity contribution in [2.45, 2.75) is 18.8 Å². The number of likely N-dealkylation sites (tertiary alicyclic amines) is 1. The van der Waals surface area contributed by atoms with Crippen LogP contribution in [-0.4, -0.2) is 51.2 Å². The quantitative estimate of drug-likeness (QED) is 0.912. The molecule has 0 bridgehead atoms. The van der Waals surface area contributed by atoms with Crippen molar-refractivity contribution in [2.75, 3.05) is 13.1 Å². The highest BCUT2D eigenvalue weighted by Crippen LogP contribution is 2.30. The Morgan fingerprint density at radius 3 is 2.74 bits per heavy atom. The monoisotopic (exact) mass is 343 g/mol. The maximum Gasteiger partial charge on any atom is 0.407 e. The van der Waals surface area contributed by atoms with Gasteiger partial charge in [-0.05, 0) is 15.9 Å². The molecular weight excluding hydrogens is 335 g/mol. The van der Waals surface area contributed by atoms with Crippen molar-refractivity contribution in [2.24, 2.45) is 0 Å². The summed E-state index contributed by atoms with van der Waals surface area (Å²) in [7, 11) is 0. The molecule has 1 amide bonds. The van der Waals surface area contributed by atoms with Crippen molar-refractivity contribution in [3.05, 3.63) is 10.8 Å². The zero-order valence-corrected chi connectivity index (χ0v) is 10.9. The van der Waals surface area contributed by atoms with Crippen LogP contribution in [0.2, 0.25) is 0 Å². The van der Waals surface area contributed by atoms with Crippen LogP contribution in [0.4, 0.5) is 18.0 Å². The number of hydrogen-bond acceptors (Lipinski definition) is 3. The molecule has 1 aliphatic rings. The molecule has 0 spiro atoms. The fourth-order valence-electron chi connectivity index (χ4n) is 1.71. The lowest BCUT2D eigenvalue weighted by Crippen LogP contribution is -2.29. The van der Waals surface area contributed by atoms with Gasteiger partial charge >= 0.3 is 12.6 Å². The standard InChI is InChI=1S/C9H9BrF3N3O3/c10-7-5(1-14-16(7)8(12)13)19-6-3-15(9(17)18)2-4(6)11/h1,4,6,8H,2-3H2,(H,17,18)/t4-,6+/m0/s1. The zero-order chi connectivity index (χ0) is 14.2. The Kier molecular flexibility index (Phi) is 3.88. The first-order valence-electron chi connectivity index (χ1n) is 5.20. The highest BCUT2D eigenvalue weighted by molar-refractivity contribution is 9.10. The molecule has 2 heterocycles. The van der Waals surface area contributed by atoms with Crippen molar-refractivity contribution in [3.63, 3.8) is 0 Å². The summed E-state index contributed by atoms with van der Waals surface area (Å²) >= 11 is 2.87. The molecule has 1 saturated heterocycles. The van der Waals surface area contributed by atoms with Crippen LogP contribution < -0.4 is 4.74 Å². The number of amides is 1. The smallest absolute Gasteiger partial charge is 0.407 e. The molecule has 1 aromatic heterocycles. The topological polar surface area (TPSA) is 67.6 Å². The summed E-state index contributed by atoms with van der Waals surface area (Å²) in [5, 5.41) is 12.1. The van der Waals surface area contributed by atoms with Crippen LogP contribution in [-0.2, 0) is 0 Å². The van der Waals surface area contributed by atoms with E-state index in [1.807, 2.05) is 0 Å². The fourth-order valence-corrected chi connectivity index (χ4v) is 2.15. The molecule has 1 fully saturated rings. The maximum atomic E-state index is 13.6. The number of halogens is 4. The van der Waals surface area contributed by atoms with Gasteiger partial charge in [0.05, 0.1) is 19.3 Å². The van der Waals surface area contributed by atoms with Gasteiger partial charge < -0.3 is 14.7 Å². The van der Waals surface area contributed by atoms with Gasteiger partial charge in [-0.15, -0.1) is 0 Å². The largest absolute Gasteiger partial charge is 0.481 e. The highest BCUT2D eigenvalue weighted by atomic mass is 79.9. The molecular formula is C9H9BrF3N3O3. The van der Waals surface area contributed by atoms with Crippen molar-refractivity contribution < 1.29 is 27.8 Å². The first-order chi connectivity index (χ1) is 8.90. The Labute approximate surface area is 113 Å². The number of hydrogen-bond donors (Lipinski definition) is 1. The van der Waals surface area contributed by atoms with E-state index >= 15 is 0 Å². The lowest BCUT2D eigenvalue weighted by atomic mass is 10.3. The molecule has 1 aliphatic heterocycles. The predicted octanol–water partition coefficient (Wildman–Crippen LogP) is 2.12. The Morgan fingerprint density at radius 2 is 2.26 bits per heavy atom. The number of aromatic nitrogens is 2. The van der Waals surface area contributed by atoms with E-state index in [0.717, 1.165) is 11.1 Å². The van der Waals surface area contributed by atoms with Crippen LogP contribution in [0.3, 0.4) is 0 Å². The van der Waals surface area contributed by atoms with Gasteiger partial charge in [0.2, 0.25) is 0 Å². The molecule has 1 N–H and O–H groups in total. The number of ether oxygens (including phenoxy) is 1. The van der Waals surface area contributed by atoms with Crippen LogP contribution >= 0.6 is 15.9 Å². The first kappa shape index (κ1) is 14.0. The fraction of sp³-hybridized carbons (Fsp3) is 0.556. The summed E-state index contributed by atoms with van der Waals surface area (Å²) in [5.41, 5.74) is 0. The zero-order valence-electron chi connectivity index (χ0n) is 9.34. The second-order valence-corrected chi connectivity index (χ2v) is 4.63. The number of nitrogens with zero attached hydrogens (tertiary/aromatic N) is 3. The Balaban J connectivity index is 2.08. The lowest BCUT2D eigenvalue weighted by molar-refractivity contribution is 0.0532. The Bertz CT molecular complexity index is 485. The van der Waals surface area contributed by atoms with E-state index in [0.29, 0.717) is 4.68 Å². The average molecular weight is 344 g/mol. The van der Waals surface area contributed by atoms with E-state index in [1.165, 1.54) is 0 Å². The van der Waals surface area contributed by atoms with Gasteiger partial charge in [0.25, 0.3) is 0 Å². The van der Waals surface area contributed by atoms with E-state index in [-0.39, 0.29) is 23.4 Å². The highest BCUT2D eigenvalue weighted by Gasteiger charge is 2.37. The molecule has 0 unspecified atom stereocenters. The molecule has 0 aliphatic carbocycles. The second kappa shape index (κ2) is 5.27. The molecule has 19 heavy (non-hydrogen) atoms. The van der Waals surface area contributed by atoms with Gasteiger partial charge in [0.1, 0.15) is 6.10 Å². The molecule has 106 valence electrons. The van der Waals surface area contributed by atoms with E-state index in [1.54, 1.807) is 0 Å². The molecule has 6 nitrogen and oxygen atoms in total. The molecule has 1 aromatic rings. The van der Waals surface area contributed by atoms with Crippen LogP contribution in [0.1, 0.15) is 6.55 Å². The number of alkyl halides is 3. The van der Waals surface area contributed by atoms with E-state index in [4.69, 9.17) is 9.84 Å². The van der Waals surface area contributed by atoms with Gasteiger partial charge in [0.15, 0.2) is 16.5 Å². The third-order valence-electron chi connectivity index (χ3n) is 2.64. The second-order valence-electron chi connectivity index (χ2n) is 3.88. The average Bonchev–Trinajstić information content (AvgIpc) is 2.85. The van der Waals surface area contributed by atoms with E-state index < -0.39 is 24.9 Å². The van der Waals surface area contributed by atoms with Crippen LogP contribution in [0, 0.1) is 0 Å². The Morgan fingerprint density at radius 1 is 1.58 bits per heavy atom. The number of rotatable bonds is 3. The molecule has 0 aromatic carbocycles. The number of carbonyl (C=O) groups is 1. The van der Waals surface area contributed by atoms with Crippen LogP contribution in [0.25, 0.3) is 0 Å². The molecule has 0 radical (unpaired) electrons. The van der Waals surface area contributed by atoms with E-state index in [9.17, 15) is 18.0 Å². The van der Waals surface area contributed by atoms with Gasteiger partial charge in [-0.2, -0.15) is 18.6 Å². The third kappa shape index (κ3) is 2.77. The van der Waals surface area contributed by atoms with Crippen molar-refractivity contribution in [3.8, 4) is 5.75 Å². The van der Waals surface area contributed by atoms with E-state index in [2.05, 4.69) is 21.0 Å². The minimum absolute atomic E-state index is 0.0554. The summed E-state index contributed by atoms with van der Waals surface area (Å²) in [4.78, 5) is 11.5. The minimum Gasteiger partial charge on any atom is -0.481 e. The van der Waals surface area contributed by atoms with Crippen LogP contribution in [0.5, 0.6) is 5.75 Å². The summed E-state index contributed by atoms with van der Waals surface area (Å²) < 4.78 is 43.9. The van der Waals surface area contributed by atoms with Gasteiger partial charge in [-0.1, -0.05) is 0 Å². The summed E-state index contributed by atoms with van der Waals surface area (Å²) in [6, 6.07) is 0. The van der Waals surface area contributed by atoms with Gasteiger partial charge in [0, 0.05) is 0 Å². The molecule has 2 rings (SSSR count). The Hall–Kier alpha value is -1.45. The summed E-state index contributed by atoms with van der Waals surface area (Å²) in [6.07, 6.45) is -2.79. The van der Waals surface area contributed by atoms with Crippen molar-refractivity contribution in [1.82, 2.24) is 14.7 Å². The van der Waals surface area contributed by atoms with Crippen molar-refractivity contribution >= 4 is 22.0 Å². The van der Waals surface area contributed by atoms with Crippen LogP contribution in [0.15, 0.2) is 10.8 Å². The van der Waals surface area contributed by atoms with Gasteiger partial charge in [-0.3, -0.25) is 0 Å². The SMILES string of the molecule is O=C(O)N1C[C@H](F)[C@H](Oc2cnn(C(F)F)c2Br)C1. The minimum atomic E-state index is -2.85. The molecule has 10 heteroatoms. The molecule has 2 atom stereocenters. The van der Waals surface area contributed by atoms with Gasteiger partial charge in [-0.25, -0.2) is 9.18 Å². The molecule has 0 saturated carbocycles. The first-order valence-corrected chi connectivity index (χ1v) is 5.99. The lowest BCUT2D eigenvalue weighted by Gasteiger charge is -2.14. The summed E-state index contributed by atoms with van der Waals surface area (Å²) in [5.74, 6) is -0.0554. The normalized spacial score (nSPS) is 23.1. The number of carboxylic acid groups (broad SMARTS) is 1. The van der Waals surface area contributed by atoms with Crippen molar-refractivity contribution in [1.29, 1.82) is 0 Å². The maximum absolute atomic E-state index is 13.6. The predicted molar refractivity (Wildman–Crippen MR) is 60.1 cm³/mol.